The Kier molecular flexibility index (Phi) is 5.33. The van der Waals surface area contributed by atoms with Crippen LogP contribution in [0.1, 0.15) is 27.0 Å². The molecule has 0 N–H and O–H groups in total. The lowest BCUT2D eigenvalue weighted by atomic mass is 9.98. The van der Waals surface area contributed by atoms with Crippen LogP contribution >= 0.6 is 10.7 Å². The maximum Gasteiger partial charge on any atom is 0.261 e. The molecule has 1 aromatic rings. The summed E-state index contributed by atoms with van der Waals surface area (Å²) in [4.78, 5) is 13.0. The fraction of sp³-hybridized carbons (Fsp3) is 0.462. The molecule has 0 aliphatic rings. The number of carbonyl (C=O) groups excluding carboxylic acids is 1. The second-order valence-corrected chi connectivity index (χ2v) is 7.36. The number of halogens is 3. The Morgan fingerprint density at radius 1 is 1.29 bits per heavy atom. The van der Waals surface area contributed by atoms with E-state index in [1.807, 2.05) is 0 Å². The van der Waals surface area contributed by atoms with Gasteiger partial charge >= 0.3 is 0 Å². The third kappa shape index (κ3) is 3.91. The van der Waals surface area contributed by atoms with Gasteiger partial charge in [-0.25, -0.2) is 17.2 Å². The molecule has 0 aromatic heterocycles. The summed E-state index contributed by atoms with van der Waals surface area (Å²) in [5, 5.41) is 0. The molecule has 118 valence electrons. The summed E-state index contributed by atoms with van der Waals surface area (Å²) in [7, 11) is 2.60. The predicted octanol–water partition coefficient (Wildman–Crippen LogP) is 2.88. The lowest BCUT2D eigenvalue weighted by Crippen LogP contribution is -2.32. The van der Waals surface area contributed by atoms with Crippen molar-refractivity contribution in [3.8, 4) is 0 Å². The van der Waals surface area contributed by atoms with Crippen LogP contribution in [0.3, 0.4) is 0 Å². The maximum atomic E-state index is 12.4. The van der Waals surface area contributed by atoms with E-state index in [9.17, 15) is 22.0 Å². The number of rotatable bonds is 4. The minimum absolute atomic E-state index is 0.0861. The van der Waals surface area contributed by atoms with Crippen molar-refractivity contribution >= 4 is 25.6 Å². The zero-order valence-corrected chi connectivity index (χ0v) is 13.6. The van der Waals surface area contributed by atoms with Crippen molar-refractivity contribution in [3.05, 3.63) is 28.3 Å². The summed E-state index contributed by atoms with van der Waals surface area (Å²) < 4.78 is 48.0. The lowest BCUT2D eigenvalue weighted by Gasteiger charge is -2.21. The Labute approximate surface area is 127 Å². The third-order valence-electron chi connectivity index (χ3n) is 3.12. The van der Waals surface area contributed by atoms with Gasteiger partial charge in [-0.05, 0) is 37.5 Å². The van der Waals surface area contributed by atoms with Gasteiger partial charge in [-0.3, -0.25) is 4.79 Å². The minimum atomic E-state index is -4.03. The highest BCUT2D eigenvalue weighted by Crippen LogP contribution is 2.29. The average molecular weight is 340 g/mol. The van der Waals surface area contributed by atoms with Crippen molar-refractivity contribution < 1.29 is 22.0 Å². The van der Waals surface area contributed by atoms with E-state index >= 15 is 0 Å². The summed E-state index contributed by atoms with van der Waals surface area (Å²) >= 11 is 0. The van der Waals surface area contributed by atoms with Gasteiger partial charge in [0, 0.05) is 23.3 Å². The number of hydrogen-bond acceptors (Lipinski definition) is 3. The molecule has 0 fully saturated rings. The molecule has 8 heteroatoms. The number of alkyl halides is 2. The van der Waals surface area contributed by atoms with Crippen LogP contribution in [0.15, 0.2) is 11.0 Å². The largest absolute Gasteiger partial charge is 0.336 e. The summed E-state index contributed by atoms with van der Waals surface area (Å²) in [6.45, 7) is 3.90. The Morgan fingerprint density at radius 3 is 2.24 bits per heavy atom. The number of carbonyl (C=O) groups is 1. The van der Waals surface area contributed by atoms with E-state index in [1.165, 1.54) is 20.0 Å². The highest BCUT2D eigenvalue weighted by molar-refractivity contribution is 8.13. The summed E-state index contributed by atoms with van der Waals surface area (Å²) in [6, 6.07) is 1.51. The van der Waals surface area contributed by atoms with Crippen molar-refractivity contribution in [1.29, 1.82) is 0 Å². The Bertz CT molecular complexity index is 674. The molecule has 1 rings (SSSR count). The first-order valence-corrected chi connectivity index (χ1v) is 8.36. The van der Waals surface area contributed by atoms with Crippen LogP contribution in [0.2, 0.25) is 0 Å². The Balaban J connectivity index is 3.48. The number of nitrogens with zero attached hydrogens (tertiary/aromatic N) is 1. The molecule has 0 aliphatic heterocycles. The Hall–Kier alpha value is -1.21. The first-order chi connectivity index (χ1) is 9.46. The number of hydrogen-bond donors (Lipinski definition) is 0. The Morgan fingerprint density at radius 2 is 1.81 bits per heavy atom. The normalized spacial score (nSPS) is 11.8. The zero-order valence-electron chi connectivity index (χ0n) is 12.1. The van der Waals surface area contributed by atoms with Gasteiger partial charge in [0.25, 0.3) is 21.4 Å². The van der Waals surface area contributed by atoms with Crippen molar-refractivity contribution in [2.75, 3.05) is 13.6 Å². The van der Waals surface area contributed by atoms with Gasteiger partial charge in [0.2, 0.25) is 0 Å². The lowest BCUT2D eigenvalue weighted by molar-refractivity contribution is 0.0618. The summed E-state index contributed by atoms with van der Waals surface area (Å²) in [5.41, 5.74) is 1.19. The highest BCUT2D eigenvalue weighted by atomic mass is 35.7. The molecule has 0 atom stereocenters. The quantitative estimate of drug-likeness (QED) is 0.793. The molecular weight excluding hydrogens is 324 g/mol. The van der Waals surface area contributed by atoms with Crippen LogP contribution in [0, 0.1) is 20.8 Å². The number of amides is 1. The first kappa shape index (κ1) is 17.8. The van der Waals surface area contributed by atoms with Crippen LogP contribution in [-0.2, 0) is 9.05 Å². The molecule has 4 nitrogen and oxygen atoms in total. The second-order valence-electron chi connectivity index (χ2n) is 4.85. The van der Waals surface area contributed by atoms with Gasteiger partial charge < -0.3 is 4.90 Å². The highest BCUT2D eigenvalue weighted by Gasteiger charge is 2.26. The van der Waals surface area contributed by atoms with Crippen LogP contribution in [0.5, 0.6) is 0 Å². The van der Waals surface area contributed by atoms with E-state index in [0.717, 1.165) is 4.90 Å². The maximum absolute atomic E-state index is 12.4. The van der Waals surface area contributed by atoms with E-state index in [2.05, 4.69) is 0 Å². The van der Waals surface area contributed by atoms with E-state index in [0.29, 0.717) is 11.1 Å². The molecule has 0 spiro atoms. The van der Waals surface area contributed by atoms with Gasteiger partial charge in [0.05, 0.1) is 11.4 Å². The molecule has 0 bridgehead atoms. The predicted molar refractivity (Wildman–Crippen MR) is 76.7 cm³/mol. The van der Waals surface area contributed by atoms with Crippen molar-refractivity contribution in [1.82, 2.24) is 4.90 Å². The summed E-state index contributed by atoms with van der Waals surface area (Å²) in [5.74, 6) is -0.660. The van der Waals surface area contributed by atoms with Crippen molar-refractivity contribution in [3.63, 3.8) is 0 Å². The third-order valence-corrected chi connectivity index (χ3v) is 4.70. The standard InChI is InChI=1S/C13H16ClF2NO3S/c1-7-5-8(2)12(21(14,19)20)9(3)11(7)13(18)17(4)6-10(15)16/h5,10H,6H2,1-4H3. The monoisotopic (exact) mass is 339 g/mol. The molecule has 0 aliphatic carbocycles. The molecule has 0 saturated carbocycles. The number of benzene rings is 1. The molecule has 1 aromatic carbocycles. The van der Waals surface area contributed by atoms with Crippen LogP contribution in [-0.4, -0.2) is 39.2 Å². The first-order valence-electron chi connectivity index (χ1n) is 6.05. The van der Waals surface area contributed by atoms with Crippen LogP contribution < -0.4 is 0 Å². The van der Waals surface area contributed by atoms with Gasteiger partial charge in [-0.1, -0.05) is 6.07 Å². The van der Waals surface area contributed by atoms with Crippen molar-refractivity contribution in [2.24, 2.45) is 0 Å². The molecule has 21 heavy (non-hydrogen) atoms. The molecule has 0 heterocycles. The van der Waals surface area contributed by atoms with Gasteiger partial charge in [-0.2, -0.15) is 0 Å². The fourth-order valence-corrected chi connectivity index (χ4v) is 3.98. The van der Waals surface area contributed by atoms with E-state index in [4.69, 9.17) is 10.7 Å². The van der Waals surface area contributed by atoms with E-state index < -0.39 is 27.9 Å². The SMILES string of the molecule is Cc1cc(C)c(S(=O)(=O)Cl)c(C)c1C(=O)N(C)CC(F)F. The van der Waals surface area contributed by atoms with Gasteiger partial charge in [-0.15, -0.1) is 0 Å². The van der Waals surface area contributed by atoms with Gasteiger partial charge in [0.15, 0.2) is 0 Å². The fourth-order valence-electron chi connectivity index (χ4n) is 2.35. The van der Waals surface area contributed by atoms with Crippen LogP contribution in [0.4, 0.5) is 8.78 Å². The molecule has 1 amide bonds. The van der Waals surface area contributed by atoms with E-state index in [1.54, 1.807) is 13.8 Å². The van der Waals surface area contributed by atoms with Crippen molar-refractivity contribution in [2.45, 2.75) is 32.1 Å². The molecule has 0 unspecified atom stereocenters. The zero-order chi connectivity index (χ0) is 16.5. The number of aryl methyl sites for hydroxylation is 2. The molecule has 0 saturated heterocycles. The molecular formula is C13H16ClF2NO3S. The average Bonchev–Trinajstić information content (AvgIpc) is 2.24. The second kappa shape index (κ2) is 6.27. The molecule has 0 radical (unpaired) electrons. The van der Waals surface area contributed by atoms with Gasteiger partial charge in [0.1, 0.15) is 0 Å². The topological polar surface area (TPSA) is 54.5 Å². The van der Waals surface area contributed by atoms with E-state index in [-0.39, 0.29) is 16.0 Å². The van der Waals surface area contributed by atoms with Crippen LogP contribution in [0.25, 0.3) is 0 Å². The summed E-state index contributed by atoms with van der Waals surface area (Å²) in [6.07, 6.45) is -2.67. The smallest absolute Gasteiger partial charge is 0.261 e. The minimum Gasteiger partial charge on any atom is -0.336 e.